The third kappa shape index (κ3) is 6.08. The quantitative estimate of drug-likeness (QED) is 0.307. The number of hydrogen-bond donors (Lipinski definition) is 0. The minimum absolute atomic E-state index is 0.0629. The number of esters is 1. The molecule has 1 atom stereocenters. The number of methoxy groups -OCH3 is 1. The van der Waals surface area contributed by atoms with Gasteiger partial charge in [-0.05, 0) is 49.7 Å². The molecule has 0 spiro atoms. The molecule has 0 fully saturated rings. The van der Waals surface area contributed by atoms with Crippen molar-refractivity contribution in [3.63, 3.8) is 0 Å². The number of halogens is 1. The first-order chi connectivity index (χ1) is 16.8. The molecule has 0 aliphatic carbocycles. The van der Waals surface area contributed by atoms with Crippen LogP contribution in [0.25, 0.3) is 0 Å². The lowest BCUT2D eigenvalue weighted by Gasteiger charge is -2.33. The van der Waals surface area contributed by atoms with Crippen molar-refractivity contribution in [3.05, 3.63) is 86.9 Å². The van der Waals surface area contributed by atoms with Crippen LogP contribution in [-0.4, -0.2) is 41.6 Å². The minimum Gasteiger partial charge on any atom is -0.480 e. The zero-order valence-corrected chi connectivity index (χ0v) is 20.9. The van der Waals surface area contributed by atoms with E-state index >= 15 is 0 Å². The van der Waals surface area contributed by atoms with Gasteiger partial charge in [0.1, 0.15) is 0 Å². The highest BCUT2D eigenvalue weighted by Gasteiger charge is 2.31. The van der Waals surface area contributed by atoms with Crippen LogP contribution in [0.4, 0.5) is 5.69 Å². The summed E-state index contributed by atoms with van der Waals surface area (Å²) < 4.78 is 12.1. The topological polar surface area (TPSA) is 90.7 Å². The van der Waals surface area contributed by atoms with E-state index in [1.807, 2.05) is 0 Å². The summed E-state index contributed by atoms with van der Waals surface area (Å²) in [7, 11) is 3.10. The summed E-state index contributed by atoms with van der Waals surface area (Å²) in [6.45, 7) is 3.79. The Kier molecular flexibility index (Phi) is 8.65. The van der Waals surface area contributed by atoms with Crippen LogP contribution >= 0.6 is 11.6 Å². The Hall–Kier alpha value is -3.65. The van der Waals surface area contributed by atoms with E-state index in [0.717, 1.165) is 0 Å². The molecular formula is C26H28ClN3O5. The van der Waals surface area contributed by atoms with Crippen LogP contribution in [0.2, 0.25) is 5.02 Å². The smallest absolute Gasteiger partial charge is 0.333 e. The average Bonchev–Trinajstić information content (AvgIpc) is 2.85. The monoisotopic (exact) mass is 497 g/mol. The summed E-state index contributed by atoms with van der Waals surface area (Å²) in [5.74, 6) is -0.436. The maximum absolute atomic E-state index is 13.2. The van der Waals surface area contributed by atoms with Gasteiger partial charge in [-0.3, -0.25) is 9.59 Å². The first-order valence-electron chi connectivity index (χ1n) is 11.1. The molecule has 2 heterocycles. The number of carbonyl (C=O) groups is 2. The lowest BCUT2D eigenvalue weighted by Crippen LogP contribution is -2.38. The summed E-state index contributed by atoms with van der Waals surface area (Å²) in [5, 5.41) is 0.528. The van der Waals surface area contributed by atoms with Crippen molar-refractivity contribution in [2.75, 3.05) is 25.2 Å². The maximum atomic E-state index is 13.2. The van der Waals surface area contributed by atoms with Gasteiger partial charge in [-0.15, -0.1) is 0 Å². The fourth-order valence-electron chi connectivity index (χ4n) is 3.85. The van der Waals surface area contributed by atoms with Gasteiger partial charge < -0.3 is 18.9 Å². The molecule has 8 nitrogen and oxygen atoms in total. The van der Waals surface area contributed by atoms with Crippen LogP contribution in [0.15, 0.2) is 59.7 Å². The number of aromatic nitrogens is 2. The Balaban J connectivity index is 2.07. The van der Waals surface area contributed by atoms with Crippen molar-refractivity contribution in [3.8, 4) is 5.88 Å². The van der Waals surface area contributed by atoms with Gasteiger partial charge in [0.2, 0.25) is 5.88 Å². The van der Waals surface area contributed by atoms with Crippen molar-refractivity contribution in [2.24, 2.45) is 7.05 Å². The number of nitrogens with zero attached hydrogens (tertiary/aromatic N) is 3. The van der Waals surface area contributed by atoms with E-state index in [0.29, 0.717) is 27.4 Å². The van der Waals surface area contributed by atoms with Crippen molar-refractivity contribution < 1.29 is 19.1 Å². The minimum atomic E-state index is -0.868. The maximum Gasteiger partial charge on any atom is 0.333 e. The van der Waals surface area contributed by atoms with Gasteiger partial charge >= 0.3 is 5.97 Å². The van der Waals surface area contributed by atoms with Gasteiger partial charge in [0.05, 0.1) is 25.0 Å². The molecule has 2 aromatic heterocycles. The van der Waals surface area contributed by atoms with E-state index in [1.54, 1.807) is 80.7 Å². The number of hydrogen-bond acceptors (Lipinski definition) is 7. The number of pyridine rings is 2. The van der Waals surface area contributed by atoms with Gasteiger partial charge in [-0.25, -0.2) is 9.78 Å². The molecule has 3 aromatic rings. The molecule has 0 radical (unpaired) electrons. The predicted molar refractivity (Wildman–Crippen MR) is 134 cm³/mol. The van der Waals surface area contributed by atoms with E-state index in [2.05, 4.69) is 4.98 Å². The number of ether oxygens (including phenoxy) is 2. The fourth-order valence-corrected chi connectivity index (χ4v) is 3.98. The summed E-state index contributed by atoms with van der Waals surface area (Å²) >= 11 is 6.08. The molecule has 1 unspecified atom stereocenters. The third-order valence-corrected chi connectivity index (χ3v) is 5.78. The lowest BCUT2D eigenvalue weighted by molar-refractivity contribution is -0.145. The van der Waals surface area contributed by atoms with Gasteiger partial charge in [0, 0.05) is 43.0 Å². The standard InChI is InChI=1S/C26H28ClN3O5/c1-5-35-26(33)23(18-8-10-19(27)11-9-18)30(20-15-17(2)25(32)29(3)16-20)14-12-22(31)21-7-6-13-28-24(21)34-4/h6-11,13,15-16,23H,5,12,14H2,1-4H3. The summed E-state index contributed by atoms with van der Waals surface area (Å²) in [6.07, 6.45) is 3.26. The van der Waals surface area contributed by atoms with E-state index < -0.39 is 12.0 Å². The Labute approximate surface area is 209 Å². The first-order valence-corrected chi connectivity index (χ1v) is 11.5. The second kappa shape index (κ2) is 11.7. The molecule has 0 saturated carbocycles. The second-order valence-corrected chi connectivity index (χ2v) is 8.37. The highest BCUT2D eigenvalue weighted by molar-refractivity contribution is 6.30. The van der Waals surface area contributed by atoms with Gasteiger partial charge in [0.15, 0.2) is 11.8 Å². The number of aryl methyl sites for hydroxylation is 2. The molecule has 35 heavy (non-hydrogen) atoms. The molecule has 0 bridgehead atoms. The summed E-state index contributed by atoms with van der Waals surface area (Å²) in [6, 6.07) is 11.0. The van der Waals surface area contributed by atoms with Gasteiger partial charge in [-0.1, -0.05) is 23.7 Å². The molecular weight excluding hydrogens is 470 g/mol. The van der Waals surface area contributed by atoms with Crippen molar-refractivity contribution in [1.29, 1.82) is 0 Å². The molecule has 0 amide bonds. The van der Waals surface area contributed by atoms with E-state index in [-0.39, 0.29) is 36.8 Å². The fraction of sp³-hybridized carbons (Fsp3) is 0.308. The van der Waals surface area contributed by atoms with Crippen LogP contribution in [0, 0.1) is 6.92 Å². The van der Waals surface area contributed by atoms with Crippen LogP contribution in [-0.2, 0) is 16.6 Å². The Bertz CT molecular complexity index is 1230. The number of anilines is 1. The van der Waals surface area contributed by atoms with Gasteiger partial charge in [-0.2, -0.15) is 0 Å². The Morgan fingerprint density at radius 1 is 1.20 bits per heavy atom. The van der Waals surface area contributed by atoms with Crippen LogP contribution in [0.1, 0.15) is 40.9 Å². The SMILES string of the molecule is CCOC(=O)C(c1ccc(Cl)cc1)N(CCC(=O)c1cccnc1OC)c1cc(C)c(=O)n(C)c1. The van der Waals surface area contributed by atoms with Crippen LogP contribution < -0.4 is 15.2 Å². The second-order valence-electron chi connectivity index (χ2n) is 7.93. The van der Waals surface area contributed by atoms with E-state index in [9.17, 15) is 14.4 Å². The number of benzene rings is 1. The predicted octanol–water partition coefficient (Wildman–Crippen LogP) is 4.13. The largest absolute Gasteiger partial charge is 0.480 e. The molecule has 3 rings (SSSR count). The Morgan fingerprint density at radius 2 is 1.91 bits per heavy atom. The van der Waals surface area contributed by atoms with Crippen LogP contribution in [0.3, 0.4) is 0 Å². The highest BCUT2D eigenvalue weighted by Crippen LogP contribution is 2.30. The average molecular weight is 498 g/mol. The van der Waals surface area contributed by atoms with E-state index in [1.165, 1.54) is 11.7 Å². The normalized spacial score (nSPS) is 11.6. The Morgan fingerprint density at radius 3 is 2.54 bits per heavy atom. The number of rotatable bonds is 10. The van der Waals surface area contributed by atoms with E-state index in [4.69, 9.17) is 21.1 Å². The molecule has 0 saturated heterocycles. The van der Waals surface area contributed by atoms with Crippen molar-refractivity contribution >= 4 is 29.0 Å². The lowest BCUT2D eigenvalue weighted by atomic mass is 10.0. The zero-order chi connectivity index (χ0) is 25.5. The van der Waals surface area contributed by atoms with Crippen LogP contribution in [0.5, 0.6) is 5.88 Å². The third-order valence-electron chi connectivity index (χ3n) is 5.53. The molecule has 184 valence electrons. The number of carbonyl (C=O) groups excluding carboxylic acids is 2. The highest BCUT2D eigenvalue weighted by atomic mass is 35.5. The molecule has 0 aliphatic heterocycles. The first kappa shape index (κ1) is 26.0. The molecule has 9 heteroatoms. The number of Topliss-reactive ketones (excluding diaryl/α,β-unsaturated/α-hetero) is 1. The summed E-state index contributed by atoms with van der Waals surface area (Å²) in [5.41, 5.74) is 1.96. The molecule has 0 N–H and O–H groups in total. The summed E-state index contributed by atoms with van der Waals surface area (Å²) in [4.78, 5) is 44.5. The zero-order valence-electron chi connectivity index (χ0n) is 20.2. The van der Waals surface area contributed by atoms with Crippen molar-refractivity contribution in [1.82, 2.24) is 9.55 Å². The van der Waals surface area contributed by atoms with Crippen molar-refractivity contribution in [2.45, 2.75) is 26.3 Å². The molecule has 0 aliphatic rings. The number of ketones is 1. The molecule has 1 aromatic carbocycles. The van der Waals surface area contributed by atoms with Gasteiger partial charge in [0.25, 0.3) is 5.56 Å².